The molecular weight excluding hydrogens is 275 g/mol. The van der Waals surface area contributed by atoms with Crippen LogP contribution in [-0.2, 0) is 4.79 Å². The molecule has 1 aromatic heterocycles. The normalized spacial score (nSPS) is 21.7. The van der Waals surface area contributed by atoms with Gasteiger partial charge in [-0.25, -0.2) is 14.2 Å². The number of benzene rings is 1. The van der Waals surface area contributed by atoms with Crippen molar-refractivity contribution in [2.75, 3.05) is 13.1 Å². The summed E-state index contributed by atoms with van der Waals surface area (Å²) in [5.74, 6) is -1.97. The highest BCUT2D eigenvalue weighted by atomic mass is 19.1. The van der Waals surface area contributed by atoms with Crippen LogP contribution in [0, 0.1) is 0 Å². The standard InChI is InChI=1S/C15H13FN2O3/c16-15(14(20)21)7-8-18(9-15)13(19)12-6-5-10-3-1-2-4-11(10)17-12/h1-6H,7-9H2,(H,20,21). The van der Waals surface area contributed by atoms with Crippen LogP contribution in [0.2, 0.25) is 0 Å². The number of aromatic nitrogens is 1. The summed E-state index contributed by atoms with van der Waals surface area (Å²) in [4.78, 5) is 28.6. The van der Waals surface area contributed by atoms with Gasteiger partial charge in [0, 0.05) is 18.4 Å². The summed E-state index contributed by atoms with van der Waals surface area (Å²) >= 11 is 0. The zero-order valence-corrected chi connectivity index (χ0v) is 11.1. The van der Waals surface area contributed by atoms with Crippen molar-refractivity contribution in [3.63, 3.8) is 0 Å². The number of para-hydroxylation sites is 1. The molecule has 6 heteroatoms. The van der Waals surface area contributed by atoms with Gasteiger partial charge in [-0.1, -0.05) is 24.3 Å². The summed E-state index contributed by atoms with van der Waals surface area (Å²) in [5, 5.41) is 9.76. The first kappa shape index (κ1) is 13.5. The lowest BCUT2D eigenvalue weighted by molar-refractivity contribution is -0.149. The SMILES string of the molecule is O=C(c1ccc2ccccc2n1)N1CCC(F)(C(=O)O)C1. The quantitative estimate of drug-likeness (QED) is 0.916. The molecule has 2 aromatic rings. The smallest absolute Gasteiger partial charge is 0.343 e. The largest absolute Gasteiger partial charge is 0.479 e. The Bertz CT molecular complexity index is 734. The molecule has 1 aliphatic heterocycles. The maximum atomic E-state index is 14.0. The number of carboxylic acid groups (broad SMARTS) is 1. The number of amides is 1. The van der Waals surface area contributed by atoms with Crippen LogP contribution in [0.4, 0.5) is 4.39 Å². The van der Waals surface area contributed by atoms with Gasteiger partial charge < -0.3 is 10.0 Å². The molecule has 1 aliphatic rings. The molecule has 1 N–H and O–H groups in total. The number of hydrogen-bond donors (Lipinski definition) is 1. The lowest BCUT2D eigenvalue weighted by atomic mass is 10.1. The number of hydrogen-bond acceptors (Lipinski definition) is 3. The molecular formula is C15H13FN2O3. The van der Waals surface area contributed by atoms with Crippen LogP contribution in [0.25, 0.3) is 10.9 Å². The Hall–Kier alpha value is -2.50. The molecule has 1 unspecified atom stereocenters. The van der Waals surface area contributed by atoms with Crippen molar-refractivity contribution in [2.24, 2.45) is 0 Å². The van der Waals surface area contributed by atoms with Gasteiger partial charge in [-0.3, -0.25) is 4.79 Å². The Morgan fingerprint density at radius 2 is 2.00 bits per heavy atom. The maximum absolute atomic E-state index is 14.0. The van der Waals surface area contributed by atoms with Crippen LogP contribution in [0.1, 0.15) is 16.9 Å². The molecule has 0 spiro atoms. The van der Waals surface area contributed by atoms with Crippen LogP contribution >= 0.6 is 0 Å². The van der Waals surface area contributed by atoms with Crippen molar-refractivity contribution in [1.29, 1.82) is 0 Å². The van der Waals surface area contributed by atoms with E-state index in [1.165, 1.54) is 4.90 Å². The van der Waals surface area contributed by atoms with Crippen LogP contribution in [0.15, 0.2) is 36.4 Å². The Labute approximate surface area is 120 Å². The third kappa shape index (κ3) is 2.33. The first-order chi connectivity index (χ1) is 9.99. The molecule has 3 rings (SSSR count). The van der Waals surface area contributed by atoms with Gasteiger partial charge in [-0.15, -0.1) is 0 Å². The number of likely N-dealkylation sites (tertiary alicyclic amines) is 1. The number of nitrogens with zero attached hydrogens (tertiary/aromatic N) is 2. The lowest BCUT2D eigenvalue weighted by Gasteiger charge is -2.17. The van der Waals surface area contributed by atoms with Gasteiger partial charge in [-0.2, -0.15) is 0 Å². The van der Waals surface area contributed by atoms with E-state index in [-0.39, 0.29) is 18.7 Å². The fourth-order valence-electron chi connectivity index (χ4n) is 2.47. The minimum Gasteiger partial charge on any atom is -0.479 e. The summed E-state index contributed by atoms with van der Waals surface area (Å²) in [6, 6.07) is 10.7. The second kappa shape index (κ2) is 4.80. The topological polar surface area (TPSA) is 70.5 Å². The van der Waals surface area contributed by atoms with E-state index >= 15 is 0 Å². The van der Waals surface area contributed by atoms with Crippen molar-refractivity contribution in [3.05, 3.63) is 42.1 Å². The van der Waals surface area contributed by atoms with E-state index in [2.05, 4.69) is 4.98 Å². The molecule has 21 heavy (non-hydrogen) atoms. The second-order valence-electron chi connectivity index (χ2n) is 5.14. The van der Waals surface area contributed by atoms with Crippen molar-refractivity contribution in [1.82, 2.24) is 9.88 Å². The lowest BCUT2D eigenvalue weighted by Crippen LogP contribution is -2.39. The van der Waals surface area contributed by atoms with Crippen molar-refractivity contribution in [3.8, 4) is 0 Å². The molecule has 0 aliphatic carbocycles. The minimum absolute atomic E-state index is 0.0795. The molecule has 5 nitrogen and oxygen atoms in total. The Kier molecular flexibility index (Phi) is 3.08. The van der Waals surface area contributed by atoms with Crippen LogP contribution in [-0.4, -0.2) is 45.6 Å². The van der Waals surface area contributed by atoms with Gasteiger partial charge in [0.05, 0.1) is 12.1 Å². The molecule has 0 bridgehead atoms. The summed E-state index contributed by atoms with van der Waals surface area (Å²) in [6.45, 7) is -0.355. The number of alkyl halides is 1. The number of carbonyl (C=O) groups excluding carboxylic acids is 1. The second-order valence-corrected chi connectivity index (χ2v) is 5.14. The van der Waals surface area contributed by atoms with Crippen molar-refractivity contribution < 1.29 is 19.1 Å². The molecule has 0 saturated carbocycles. The van der Waals surface area contributed by atoms with Gasteiger partial charge >= 0.3 is 5.97 Å². The fourth-order valence-corrected chi connectivity index (χ4v) is 2.47. The van der Waals surface area contributed by atoms with Crippen LogP contribution in [0.3, 0.4) is 0 Å². The number of carboxylic acids is 1. The zero-order chi connectivity index (χ0) is 15.0. The predicted octanol–water partition coefficient (Wildman–Crippen LogP) is 1.87. The molecule has 0 radical (unpaired) electrons. The van der Waals surface area contributed by atoms with E-state index in [0.29, 0.717) is 5.52 Å². The molecule has 1 atom stereocenters. The Morgan fingerprint density at radius 3 is 2.71 bits per heavy atom. The number of rotatable bonds is 2. The molecule has 1 saturated heterocycles. The number of halogens is 1. The van der Waals surface area contributed by atoms with Gasteiger partial charge in [0.1, 0.15) is 5.69 Å². The van der Waals surface area contributed by atoms with E-state index in [4.69, 9.17) is 5.11 Å². The first-order valence-corrected chi connectivity index (χ1v) is 6.57. The van der Waals surface area contributed by atoms with E-state index in [9.17, 15) is 14.0 Å². The Morgan fingerprint density at radius 1 is 1.24 bits per heavy atom. The van der Waals surface area contributed by atoms with E-state index in [1.54, 1.807) is 18.2 Å². The van der Waals surface area contributed by atoms with Crippen molar-refractivity contribution in [2.45, 2.75) is 12.1 Å². The third-order valence-corrected chi connectivity index (χ3v) is 3.71. The summed E-state index contributed by atoms with van der Waals surface area (Å²) in [5.41, 5.74) is -1.48. The van der Waals surface area contributed by atoms with Gasteiger partial charge in [-0.05, 0) is 12.1 Å². The third-order valence-electron chi connectivity index (χ3n) is 3.71. The highest BCUT2D eigenvalue weighted by Crippen LogP contribution is 2.27. The first-order valence-electron chi connectivity index (χ1n) is 6.57. The highest BCUT2D eigenvalue weighted by molar-refractivity contribution is 5.95. The number of fused-ring (bicyclic) bond motifs is 1. The molecule has 1 aromatic carbocycles. The summed E-state index contributed by atoms with van der Waals surface area (Å²) in [7, 11) is 0. The average Bonchev–Trinajstić information content (AvgIpc) is 2.90. The minimum atomic E-state index is -2.35. The number of aliphatic carboxylic acids is 1. The van der Waals surface area contributed by atoms with Crippen molar-refractivity contribution >= 4 is 22.8 Å². The maximum Gasteiger partial charge on any atom is 0.343 e. The number of pyridine rings is 1. The summed E-state index contributed by atoms with van der Waals surface area (Å²) < 4.78 is 14.0. The average molecular weight is 288 g/mol. The van der Waals surface area contributed by atoms with Gasteiger partial charge in [0.2, 0.25) is 5.67 Å². The monoisotopic (exact) mass is 288 g/mol. The van der Waals surface area contributed by atoms with E-state index in [0.717, 1.165) is 5.39 Å². The van der Waals surface area contributed by atoms with Gasteiger partial charge in [0.25, 0.3) is 5.91 Å². The van der Waals surface area contributed by atoms with Crippen LogP contribution < -0.4 is 0 Å². The van der Waals surface area contributed by atoms with Crippen LogP contribution in [0.5, 0.6) is 0 Å². The molecule has 2 heterocycles. The fraction of sp³-hybridized carbons (Fsp3) is 0.267. The molecule has 108 valence electrons. The highest BCUT2D eigenvalue weighted by Gasteiger charge is 2.47. The zero-order valence-electron chi connectivity index (χ0n) is 11.1. The predicted molar refractivity (Wildman–Crippen MR) is 73.7 cm³/mol. The van der Waals surface area contributed by atoms with E-state index in [1.807, 2.05) is 18.2 Å². The van der Waals surface area contributed by atoms with E-state index < -0.39 is 24.1 Å². The molecule has 1 fully saturated rings. The Balaban J connectivity index is 1.86. The molecule has 1 amide bonds. The number of carbonyl (C=O) groups is 2. The summed E-state index contributed by atoms with van der Waals surface area (Å²) in [6.07, 6.45) is -0.193. The van der Waals surface area contributed by atoms with Gasteiger partial charge in [0.15, 0.2) is 0 Å².